The largest absolute Gasteiger partial charge is 0.463 e. The average Bonchev–Trinajstić information content (AvgIpc) is 3.49. The van der Waals surface area contributed by atoms with Gasteiger partial charge in [0.1, 0.15) is 5.69 Å². The molecule has 8 nitrogen and oxygen atoms in total. The summed E-state index contributed by atoms with van der Waals surface area (Å²) in [5.74, 6) is 1.38. The Hall–Kier alpha value is -3.24. The van der Waals surface area contributed by atoms with Crippen molar-refractivity contribution in [3.63, 3.8) is 0 Å². The van der Waals surface area contributed by atoms with Crippen LogP contribution in [-0.4, -0.2) is 36.4 Å². The van der Waals surface area contributed by atoms with Gasteiger partial charge in [0.15, 0.2) is 21.9 Å². The number of anilines is 1. The van der Waals surface area contributed by atoms with Gasteiger partial charge in [0.25, 0.3) is 0 Å². The lowest BCUT2D eigenvalue weighted by Gasteiger charge is -2.07. The number of aromatic nitrogens is 5. The second-order valence-corrected chi connectivity index (χ2v) is 7.59. The summed E-state index contributed by atoms with van der Waals surface area (Å²) in [5.41, 5.74) is 1.59. The van der Waals surface area contributed by atoms with Crippen LogP contribution in [0.15, 0.2) is 70.5 Å². The van der Waals surface area contributed by atoms with Crippen molar-refractivity contribution >= 4 is 34.1 Å². The maximum atomic E-state index is 12.4. The molecule has 0 aliphatic rings. The first-order chi connectivity index (χ1) is 14.2. The molecule has 0 aliphatic heterocycles. The Bertz CT molecular complexity index is 1110. The van der Waals surface area contributed by atoms with Gasteiger partial charge in [0.05, 0.1) is 12.0 Å². The van der Waals surface area contributed by atoms with Gasteiger partial charge in [-0.2, -0.15) is 0 Å². The molecule has 0 unspecified atom stereocenters. The summed E-state index contributed by atoms with van der Waals surface area (Å²) >= 11 is 2.65. The number of carbonyl (C=O) groups excluding carboxylic acids is 1. The molecule has 0 aromatic carbocycles. The summed E-state index contributed by atoms with van der Waals surface area (Å²) in [6, 6.07) is 7.35. The van der Waals surface area contributed by atoms with Crippen molar-refractivity contribution in [2.24, 2.45) is 0 Å². The molecule has 146 valence electrons. The lowest BCUT2D eigenvalue weighted by atomic mass is 10.2. The fraction of sp³-hybridized carbons (Fsp3) is 0.105. The van der Waals surface area contributed by atoms with E-state index in [0.717, 1.165) is 5.56 Å². The predicted octanol–water partition coefficient (Wildman–Crippen LogP) is 3.97. The lowest BCUT2D eigenvalue weighted by Crippen LogP contribution is -2.14. The SMILES string of the molecule is C=CCn1c(SCC(=O)Nc2nc(-c3ccco3)cs2)nnc1-c1ccncc1. The fourth-order valence-electron chi connectivity index (χ4n) is 2.56. The highest BCUT2D eigenvalue weighted by Gasteiger charge is 2.16. The van der Waals surface area contributed by atoms with Gasteiger partial charge < -0.3 is 9.73 Å². The number of furan rings is 1. The van der Waals surface area contributed by atoms with E-state index in [1.165, 1.54) is 23.1 Å². The molecule has 1 amide bonds. The quantitative estimate of drug-likeness (QED) is 0.337. The van der Waals surface area contributed by atoms with Crippen LogP contribution in [-0.2, 0) is 11.3 Å². The first-order valence-corrected chi connectivity index (χ1v) is 10.5. The van der Waals surface area contributed by atoms with E-state index in [1.807, 2.05) is 28.1 Å². The van der Waals surface area contributed by atoms with Crippen LogP contribution in [0.25, 0.3) is 22.8 Å². The summed E-state index contributed by atoms with van der Waals surface area (Å²) in [4.78, 5) is 20.7. The molecular formula is C19H16N6O2S2. The molecule has 0 fully saturated rings. The molecule has 29 heavy (non-hydrogen) atoms. The van der Waals surface area contributed by atoms with Crippen LogP contribution in [0.4, 0.5) is 5.13 Å². The van der Waals surface area contributed by atoms with E-state index in [-0.39, 0.29) is 11.7 Å². The molecule has 0 bridgehead atoms. The molecule has 0 saturated heterocycles. The molecule has 4 rings (SSSR count). The second kappa shape index (κ2) is 8.84. The number of nitrogens with zero attached hydrogens (tertiary/aromatic N) is 5. The average molecular weight is 425 g/mol. The van der Waals surface area contributed by atoms with Crippen molar-refractivity contribution in [3.8, 4) is 22.8 Å². The van der Waals surface area contributed by atoms with E-state index in [1.54, 1.807) is 30.8 Å². The number of amides is 1. The third kappa shape index (κ3) is 4.44. The van der Waals surface area contributed by atoms with Crippen molar-refractivity contribution in [3.05, 3.63) is 61.0 Å². The van der Waals surface area contributed by atoms with Gasteiger partial charge in [-0.25, -0.2) is 4.98 Å². The zero-order valence-electron chi connectivity index (χ0n) is 15.2. The standard InChI is InChI=1S/C19H16N6O2S2/c1-2-9-25-17(13-5-7-20-8-6-13)23-24-19(25)29-12-16(26)22-18-21-14(11-28-18)15-4-3-10-27-15/h2-8,10-11H,1,9,12H2,(H,21,22,26). The number of hydrogen-bond acceptors (Lipinski definition) is 8. The Morgan fingerprint density at radius 3 is 2.93 bits per heavy atom. The van der Waals surface area contributed by atoms with Gasteiger partial charge >= 0.3 is 0 Å². The van der Waals surface area contributed by atoms with Crippen LogP contribution in [0, 0.1) is 0 Å². The second-order valence-electron chi connectivity index (χ2n) is 5.79. The Morgan fingerprint density at radius 2 is 2.17 bits per heavy atom. The number of rotatable bonds is 8. The monoisotopic (exact) mass is 424 g/mol. The van der Waals surface area contributed by atoms with Gasteiger partial charge in [0, 0.05) is 29.9 Å². The van der Waals surface area contributed by atoms with Crippen LogP contribution in [0.1, 0.15) is 0 Å². The number of carbonyl (C=O) groups is 1. The molecular weight excluding hydrogens is 408 g/mol. The van der Waals surface area contributed by atoms with Crippen molar-refractivity contribution in [2.75, 3.05) is 11.1 Å². The molecule has 0 spiro atoms. The van der Waals surface area contributed by atoms with Gasteiger partial charge in [-0.05, 0) is 24.3 Å². The summed E-state index contributed by atoms with van der Waals surface area (Å²) in [6.07, 6.45) is 6.76. The van der Waals surface area contributed by atoms with Crippen molar-refractivity contribution in [2.45, 2.75) is 11.7 Å². The number of nitrogens with one attached hydrogen (secondary N) is 1. The highest BCUT2D eigenvalue weighted by atomic mass is 32.2. The zero-order valence-corrected chi connectivity index (χ0v) is 16.8. The number of thiazole rings is 1. The zero-order chi connectivity index (χ0) is 20.1. The van der Waals surface area contributed by atoms with Crippen LogP contribution in [0.2, 0.25) is 0 Å². The first-order valence-electron chi connectivity index (χ1n) is 8.61. The van der Waals surface area contributed by atoms with Gasteiger partial charge in [0.2, 0.25) is 5.91 Å². The van der Waals surface area contributed by atoms with Crippen LogP contribution in [0.5, 0.6) is 0 Å². The topological polar surface area (TPSA) is 98.7 Å². The molecule has 0 aliphatic carbocycles. The molecule has 0 saturated carbocycles. The van der Waals surface area contributed by atoms with E-state index in [9.17, 15) is 4.79 Å². The maximum absolute atomic E-state index is 12.4. The summed E-state index contributed by atoms with van der Waals surface area (Å²) in [7, 11) is 0. The Balaban J connectivity index is 1.41. The van der Waals surface area contributed by atoms with Gasteiger partial charge in [-0.15, -0.1) is 28.1 Å². The Kier molecular flexibility index (Phi) is 5.82. The molecule has 4 aromatic rings. The Morgan fingerprint density at radius 1 is 1.31 bits per heavy atom. The minimum absolute atomic E-state index is 0.172. The first kappa shape index (κ1) is 19.1. The molecule has 0 radical (unpaired) electrons. The number of pyridine rings is 1. The number of thioether (sulfide) groups is 1. The van der Waals surface area contributed by atoms with Gasteiger partial charge in [-0.1, -0.05) is 17.8 Å². The minimum atomic E-state index is -0.172. The Labute approximate surface area is 174 Å². The summed E-state index contributed by atoms with van der Waals surface area (Å²) in [5, 5.41) is 14.3. The predicted molar refractivity (Wildman–Crippen MR) is 113 cm³/mol. The number of allylic oxidation sites excluding steroid dienone is 1. The van der Waals surface area contributed by atoms with Crippen molar-refractivity contribution in [1.82, 2.24) is 24.7 Å². The normalized spacial score (nSPS) is 10.8. The molecule has 10 heteroatoms. The highest BCUT2D eigenvalue weighted by molar-refractivity contribution is 7.99. The summed E-state index contributed by atoms with van der Waals surface area (Å²) in [6.45, 7) is 4.33. The highest BCUT2D eigenvalue weighted by Crippen LogP contribution is 2.26. The van der Waals surface area contributed by atoms with E-state index < -0.39 is 0 Å². The van der Waals surface area contributed by atoms with E-state index in [2.05, 4.69) is 32.1 Å². The fourth-order valence-corrected chi connectivity index (χ4v) is 4.02. The third-order valence-corrected chi connectivity index (χ3v) is 5.55. The lowest BCUT2D eigenvalue weighted by molar-refractivity contribution is -0.113. The van der Waals surface area contributed by atoms with Gasteiger partial charge in [-0.3, -0.25) is 14.3 Å². The van der Waals surface area contributed by atoms with E-state index >= 15 is 0 Å². The van der Waals surface area contributed by atoms with E-state index in [0.29, 0.717) is 34.1 Å². The third-order valence-electron chi connectivity index (χ3n) is 3.82. The van der Waals surface area contributed by atoms with Crippen LogP contribution >= 0.6 is 23.1 Å². The molecule has 0 atom stereocenters. The van der Waals surface area contributed by atoms with Crippen LogP contribution in [0.3, 0.4) is 0 Å². The van der Waals surface area contributed by atoms with E-state index in [4.69, 9.17) is 4.42 Å². The van der Waals surface area contributed by atoms with Crippen molar-refractivity contribution < 1.29 is 9.21 Å². The number of hydrogen-bond donors (Lipinski definition) is 1. The molecule has 4 aromatic heterocycles. The maximum Gasteiger partial charge on any atom is 0.236 e. The smallest absolute Gasteiger partial charge is 0.236 e. The van der Waals surface area contributed by atoms with Crippen LogP contribution < -0.4 is 5.32 Å². The molecule has 1 N–H and O–H groups in total. The molecule has 4 heterocycles. The van der Waals surface area contributed by atoms with Crippen molar-refractivity contribution in [1.29, 1.82) is 0 Å². The summed E-state index contributed by atoms with van der Waals surface area (Å²) < 4.78 is 7.23. The minimum Gasteiger partial charge on any atom is -0.463 e.